The molecule has 67 heavy (non-hydrogen) atoms. The van der Waals surface area contributed by atoms with E-state index in [0.717, 1.165) is 0 Å². The summed E-state index contributed by atoms with van der Waals surface area (Å²) in [6, 6.07) is 0. The van der Waals surface area contributed by atoms with Crippen molar-refractivity contribution in [2.75, 3.05) is 94.5 Å². The third kappa shape index (κ3) is 30.5. The van der Waals surface area contributed by atoms with Gasteiger partial charge in [0.25, 0.3) is 0 Å². The van der Waals surface area contributed by atoms with Crippen molar-refractivity contribution >= 4 is 41.6 Å². The Labute approximate surface area is 389 Å². The maximum absolute atomic E-state index is 11.3. The van der Waals surface area contributed by atoms with Crippen molar-refractivity contribution in [3.05, 3.63) is 72.9 Å². The minimum absolute atomic E-state index is 0.170. The van der Waals surface area contributed by atoms with Crippen LogP contribution in [0.15, 0.2) is 72.9 Å². The molecule has 0 bridgehead atoms. The fraction of sp³-hybridized carbons (Fsp3) is 0.558. The SMILES string of the molecule is C=C(C)C(=O)OC(=O)C(=C)C.C=C(C)C(=O)OCC(=O)CO.C=C(C)C(=O)OCC(CO)(OC)OC.C=C(C)C(=O)OCC1(O)COC(O)(COC(=O)C(=C)C)CO1.COC(CO)(CO)OC. The number of aliphatic hydroxyl groups excluding tert-OH is 4. The first kappa shape index (κ1) is 68.2. The second kappa shape index (κ2) is 34.9. The van der Waals surface area contributed by atoms with Crippen molar-refractivity contribution in [3.63, 3.8) is 0 Å². The summed E-state index contributed by atoms with van der Waals surface area (Å²) in [7, 11) is 5.43. The van der Waals surface area contributed by atoms with E-state index in [2.05, 4.69) is 58.4 Å². The van der Waals surface area contributed by atoms with Crippen LogP contribution in [-0.2, 0) is 85.7 Å². The highest BCUT2D eigenvalue weighted by atomic mass is 16.8. The first-order valence-electron chi connectivity index (χ1n) is 19.1. The van der Waals surface area contributed by atoms with Crippen molar-refractivity contribution in [1.82, 2.24) is 0 Å². The van der Waals surface area contributed by atoms with Crippen LogP contribution >= 0.6 is 0 Å². The molecule has 0 aromatic heterocycles. The zero-order valence-electron chi connectivity index (χ0n) is 39.8. The van der Waals surface area contributed by atoms with Crippen molar-refractivity contribution in [2.45, 2.75) is 64.7 Å². The van der Waals surface area contributed by atoms with E-state index in [0.29, 0.717) is 0 Å². The minimum Gasteiger partial charge on any atom is -0.457 e. The first-order chi connectivity index (χ1) is 30.8. The molecule has 1 aliphatic heterocycles. The van der Waals surface area contributed by atoms with Gasteiger partial charge in [-0.15, -0.1) is 0 Å². The molecule has 0 spiro atoms. The number of Topliss-reactive ketones (excluding diaryl/α,β-unsaturated/α-hetero) is 1. The van der Waals surface area contributed by atoms with Gasteiger partial charge in [-0.05, 0) is 41.5 Å². The Kier molecular flexibility index (Phi) is 35.5. The van der Waals surface area contributed by atoms with Crippen LogP contribution in [-0.4, -0.2) is 190 Å². The smallest absolute Gasteiger partial charge is 0.340 e. The number of carbonyl (C=O) groups is 7. The highest BCUT2D eigenvalue weighted by Crippen LogP contribution is 2.23. The highest BCUT2D eigenvalue weighted by Gasteiger charge is 2.45. The monoisotopic (exact) mass is 968 g/mol. The molecule has 0 aliphatic carbocycles. The molecule has 0 saturated carbocycles. The molecule has 24 heteroatoms. The molecule has 1 saturated heterocycles. The van der Waals surface area contributed by atoms with E-state index in [1.165, 1.54) is 70.0 Å². The van der Waals surface area contributed by atoms with Crippen molar-refractivity contribution < 1.29 is 116 Å². The molecule has 6 N–H and O–H groups in total. The van der Waals surface area contributed by atoms with Crippen LogP contribution in [0.2, 0.25) is 0 Å². The second-order valence-corrected chi connectivity index (χ2v) is 13.9. The predicted octanol–water partition coefficient (Wildman–Crippen LogP) is -0.428. The highest BCUT2D eigenvalue weighted by molar-refractivity contribution is 6.00. The summed E-state index contributed by atoms with van der Waals surface area (Å²) in [6.07, 6.45) is 0. The minimum atomic E-state index is -1.89. The number of hydrogen-bond acceptors (Lipinski definition) is 24. The lowest BCUT2D eigenvalue weighted by atomic mass is 10.2. The van der Waals surface area contributed by atoms with Crippen molar-refractivity contribution in [2.24, 2.45) is 0 Å². The largest absolute Gasteiger partial charge is 0.457 e. The molecule has 1 rings (SSSR count). The fourth-order valence-electron chi connectivity index (χ4n) is 2.99. The van der Waals surface area contributed by atoms with Gasteiger partial charge in [-0.25, -0.2) is 28.8 Å². The Hall–Kier alpha value is -5.35. The topological polar surface area (TPSA) is 342 Å². The predicted molar refractivity (Wildman–Crippen MR) is 232 cm³/mol. The van der Waals surface area contributed by atoms with Crippen molar-refractivity contribution in [1.29, 1.82) is 0 Å². The van der Waals surface area contributed by atoms with Crippen molar-refractivity contribution in [3.8, 4) is 0 Å². The lowest BCUT2D eigenvalue weighted by Crippen LogP contribution is -2.57. The molecule has 1 aliphatic rings. The van der Waals surface area contributed by atoms with E-state index in [1.54, 1.807) is 0 Å². The Morgan fingerprint density at radius 2 is 0.761 bits per heavy atom. The van der Waals surface area contributed by atoms with E-state index in [1.807, 2.05) is 0 Å². The van der Waals surface area contributed by atoms with Gasteiger partial charge in [-0.3, -0.25) is 4.79 Å². The summed E-state index contributed by atoms with van der Waals surface area (Å²) >= 11 is 0. The maximum atomic E-state index is 11.3. The second-order valence-electron chi connectivity index (χ2n) is 13.9. The molecule has 0 amide bonds. The molecule has 1 heterocycles. The lowest BCUT2D eigenvalue weighted by Gasteiger charge is -2.39. The van der Waals surface area contributed by atoms with E-state index in [9.17, 15) is 43.8 Å². The fourth-order valence-corrected chi connectivity index (χ4v) is 2.99. The number of rotatable bonds is 22. The van der Waals surface area contributed by atoms with Crippen LogP contribution < -0.4 is 0 Å². The summed E-state index contributed by atoms with van der Waals surface area (Å²) in [5.74, 6) is -10.8. The zero-order chi connectivity index (χ0) is 53.4. The molecule has 0 aromatic rings. The Morgan fingerprint density at radius 1 is 0.478 bits per heavy atom. The zero-order valence-corrected chi connectivity index (χ0v) is 39.8. The molecule has 2 atom stereocenters. The number of aliphatic hydroxyl groups is 6. The van der Waals surface area contributed by atoms with Crippen LogP contribution in [0.5, 0.6) is 0 Å². The Balaban J connectivity index is -0.000000387. The van der Waals surface area contributed by atoms with Gasteiger partial charge in [0.05, 0.1) is 13.2 Å². The maximum Gasteiger partial charge on any atom is 0.340 e. The van der Waals surface area contributed by atoms with E-state index < -0.39 is 104 Å². The average molecular weight is 969 g/mol. The molecular formula is C43H68O24. The molecular weight excluding hydrogens is 900 g/mol. The summed E-state index contributed by atoms with van der Waals surface area (Å²) < 4.78 is 52.3. The van der Waals surface area contributed by atoms with Gasteiger partial charge < -0.3 is 82.7 Å². The third-order valence-electron chi connectivity index (χ3n) is 7.44. The van der Waals surface area contributed by atoms with Crippen LogP contribution in [0, 0.1) is 0 Å². The Morgan fingerprint density at radius 3 is 0.985 bits per heavy atom. The molecule has 0 radical (unpaired) electrons. The average Bonchev–Trinajstić information content (AvgIpc) is 3.29. The number of esters is 6. The summed E-state index contributed by atoms with van der Waals surface area (Å²) in [4.78, 5) is 75.9. The van der Waals surface area contributed by atoms with Crippen LogP contribution in [0.3, 0.4) is 0 Å². The van der Waals surface area contributed by atoms with Crippen LogP contribution in [0.25, 0.3) is 0 Å². The van der Waals surface area contributed by atoms with Crippen LogP contribution in [0.1, 0.15) is 41.5 Å². The van der Waals surface area contributed by atoms with E-state index in [-0.39, 0.29) is 59.9 Å². The number of carbonyl (C=O) groups excluding carboxylic acids is 7. The first-order valence-corrected chi connectivity index (χ1v) is 19.1. The Bertz CT molecular complexity index is 1600. The molecule has 2 unspecified atom stereocenters. The molecule has 24 nitrogen and oxygen atoms in total. The molecule has 1 fully saturated rings. The molecule has 384 valence electrons. The summed E-state index contributed by atoms with van der Waals surface area (Å²) in [6.45, 7) is 24.8. The van der Waals surface area contributed by atoms with Gasteiger partial charge in [0, 0.05) is 61.9 Å². The normalized spacial score (nSPS) is 15.9. The number of ether oxygens (including phenoxy) is 11. The molecule has 0 aromatic carbocycles. The van der Waals surface area contributed by atoms with E-state index in [4.69, 9.17) is 53.6 Å². The summed E-state index contributed by atoms with van der Waals surface area (Å²) in [5.41, 5.74) is 1.24. The van der Waals surface area contributed by atoms with Gasteiger partial charge in [-0.2, -0.15) is 0 Å². The lowest BCUT2D eigenvalue weighted by molar-refractivity contribution is -0.377. The number of hydrogen-bond donors (Lipinski definition) is 6. The third-order valence-corrected chi connectivity index (χ3v) is 7.44. The van der Waals surface area contributed by atoms with Gasteiger partial charge in [-0.1, -0.05) is 39.5 Å². The van der Waals surface area contributed by atoms with Gasteiger partial charge in [0.2, 0.25) is 23.1 Å². The number of methoxy groups -OCH3 is 4. The van der Waals surface area contributed by atoms with Gasteiger partial charge >= 0.3 is 35.8 Å². The van der Waals surface area contributed by atoms with Gasteiger partial charge in [0.1, 0.15) is 46.2 Å². The number of ketones is 1. The van der Waals surface area contributed by atoms with E-state index >= 15 is 0 Å². The summed E-state index contributed by atoms with van der Waals surface area (Å²) in [5, 5.41) is 54.3. The van der Waals surface area contributed by atoms with Gasteiger partial charge in [0.15, 0.2) is 12.4 Å². The quantitative estimate of drug-likeness (QED) is 0.0264. The standard InChI is InChI=1S/C14H20O8.C9H16O5.C8H10O3.C7H10O4.C5H12O4/c1-9(2)11(15)19-5-13(17)7-22-14(18,8-21-13)6-20-12(16)10(3)4;1-7(2)8(11)14-6-9(5-10,12-3)13-4;1-5(2)7(9)11-8(10)6(3)4;1-5(2)7(10)11-4-6(9)3-8;1-8-5(3-6,4-7)9-2/h17-18H,1,3,5-8H2,2,4H3;10H,1,5-6H2,2-4H3;1,3H2,2,4H3;8H,1,3-4H2,2H3;6-7H,3-4H2,1-2H3. The van der Waals surface area contributed by atoms with Crippen LogP contribution in [0.4, 0.5) is 0 Å².